The van der Waals surface area contributed by atoms with E-state index in [1.807, 2.05) is 0 Å². The van der Waals surface area contributed by atoms with Gasteiger partial charge in [0, 0.05) is 0 Å². The smallest absolute Gasteiger partial charge is 0.326 e. The predicted octanol–water partition coefficient (Wildman–Crippen LogP) is -3.74. The van der Waals surface area contributed by atoms with Gasteiger partial charge in [-0.1, -0.05) is 20.3 Å². The highest BCUT2D eigenvalue weighted by Crippen LogP contribution is 2.08. The molecule has 0 aliphatic carbocycles. The number of carboxylic acid groups (broad SMARTS) is 1. The van der Waals surface area contributed by atoms with E-state index in [1.54, 1.807) is 13.8 Å². The predicted molar refractivity (Wildman–Crippen MR) is 96.7 cm³/mol. The summed E-state index contributed by atoms with van der Waals surface area (Å²) in [5.74, 6) is -4.51. The quantitative estimate of drug-likeness (QED) is 0.160. The van der Waals surface area contributed by atoms with Crippen molar-refractivity contribution in [2.24, 2.45) is 11.7 Å². The monoisotopic (exact) mass is 406 g/mol. The van der Waals surface area contributed by atoms with E-state index in [9.17, 15) is 34.5 Å². The topological polar surface area (TPSA) is 211 Å². The third-order valence-corrected chi connectivity index (χ3v) is 4.19. The first-order chi connectivity index (χ1) is 13.0. The zero-order chi connectivity index (χ0) is 22.0. The van der Waals surface area contributed by atoms with E-state index in [2.05, 4.69) is 16.0 Å². The molecule has 0 fully saturated rings. The second kappa shape index (κ2) is 12.2. The number of aliphatic hydroxyl groups is 3. The zero-order valence-electron chi connectivity index (χ0n) is 16.1. The van der Waals surface area contributed by atoms with E-state index in [-0.39, 0.29) is 0 Å². The number of nitrogens with two attached hydrogens (primary N) is 1. The van der Waals surface area contributed by atoms with Crippen LogP contribution >= 0.6 is 0 Å². The number of rotatable bonds is 12. The molecule has 0 aromatic rings. The summed E-state index contributed by atoms with van der Waals surface area (Å²) in [5, 5.41) is 43.7. The van der Waals surface area contributed by atoms with Gasteiger partial charge in [-0.3, -0.25) is 14.4 Å². The average Bonchev–Trinajstić information content (AvgIpc) is 2.65. The van der Waals surface area contributed by atoms with Crippen LogP contribution in [0.3, 0.4) is 0 Å². The zero-order valence-corrected chi connectivity index (χ0v) is 16.1. The van der Waals surface area contributed by atoms with Crippen LogP contribution in [-0.4, -0.2) is 87.6 Å². The molecule has 6 unspecified atom stereocenters. The molecular formula is C16H30N4O8. The number of carboxylic acids is 1. The summed E-state index contributed by atoms with van der Waals surface area (Å²) in [4.78, 5) is 47.6. The van der Waals surface area contributed by atoms with Gasteiger partial charge in [0.05, 0.1) is 19.3 Å². The molecule has 0 aromatic carbocycles. The van der Waals surface area contributed by atoms with E-state index in [1.165, 1.54) is 6.92 Å². The maximum Gasteiger partial charge on any atom is 0.326 e. The first kappa shape index (κ1) is 25.7. The minimum Gasteiger partial charge on any atom is -0.480 e. The van der Waals surface area contributed by atoms with E-state index in [0.29, 0.717) is 6.42 Å². The third-order valence-electron chi connectivity index (χ3n) is 4.19. The highest BCUT2D eigenvalue weighted by molar-refractivity contribution is 5.94. The van der Waals surface area contributed by atoms with Crippen molar-refractivity contribution in [1.29, 1.82) is 0 Å². The number of hydrogen-bond donors (Lipinski definition) is 8. The van der Waals surface area contributed by atoms with Crippen LogP contribution < -0.4 is 21.7 Å². The van der Waals surface area contributed by atoms with Crippen LogP contribution in [0.5, 0.6) is 0 Å². The first-order valence-corrected chi connectivity index (χ1v) is 8.79. The van der Waals surface area contributed by atoms with Gasteiger partial charge in [-0.15, -0.1) is 0 Å². The maximum atomic E-state index is 12.3. The minimum atomic E-state index is -1.52. The Morgan fingerprint density at radius 2 is 1.43 bits per heavy atom. The Morgan fingerprint density at radius 1 is 0.893 bits per heavy atom. The molecule has 0 saturated carbocycles. The summed E-state index contributed by atoms with van der Waals surface area (Å²) in [7, 11) is 0. The Kier molecular flexibility index (Phi) is 11.2. The summed E-state index contributed by atoms with van der Waals surface area (Å²) >= 11 is 0. The lowest BCUT2D eigenvalue weighted by Gasteiger charge is -2.26. The fourth-order valence-electron chi connectivity index (χ4n) is 2.14. The molecule has 0 rings (SSSR count). The van der Waals surface area contributed by atoms with Crippen molar-refractivity contribution < 1.29 is 39.6 Å². The number of aliphatic hydroxyl groups excluding tert-OH is 3. The summed E-state index contributed by atoms with van der Waals surface area (Å²) in [6.45, 7) is 3.03. The van der Waals surface area contributed by atoms with Gasteiger partial charge in [0.2, 0.25) is 17.7 Å². The van der Waals surface area contributed by atoms with Gasteiger partial charge >= 0.3 is 5.97 Å². The highest BCUT2D eigenvalue weighted by atomic mass is 16.4. The second-order valence-corrected chi connectivity index (χ2v) is 6.47. The molecule has 0 aliphatic heterocycles. The molecule has 0 aromatic heterocycles. The van der Waals surface area contributed by atoms with Crippen LogP contribution in [0.25, 0.3) is 0 Å². The fraction of sp³-hybridized carbons (Fsp3) is 0.750. The van der Waals surface area contributed by atoms with Crippen LogP contribution in [-0.2, 0) is 19.2 Å². The van der Waals surface area contributed by atoms with Crippen LogP contribution in [0.4, 0.5) is 0 Å². The minimum absolute atomic E-state index is 0.402. The molecule has 0 radical (unpaired) electrons. The van der Waals surface area contributed by atoms with Crippen molar-refractivity contribution in [3.8, 4) is 0 Å². The fourth-order valence-corrected chi connectivity index (χ4v) is 2.14. The van der Waals surface area contributed by atoms with Crippen molar-refractivity contribution in [3.05, 3.63) is 0 Å². The number of aliphatic carboxylic acids is 1. The van der Waals surface area contributed by atoms with Crippen LogP contribution in [0, 0.1) is 5.92 Å². The van der Waals surface area contributed by atoms with Gasteiger partial charge in [-0.05, 0) is 12.8 Å². The summed E-state index contributed by atoms with van der Waals surface area (Å²) in [5.41, 5.74) is 5.33. The van der Waals surface area contributed by atoms with Crippen LogP contribution in [0.15, 0.2) is 0 Å². The molecule has 0 spiro atoms. The SMILES string of the molecule is CCC(C)C(NC(=O)C(CO)NC(=O)C(NC(=O)C(N)CO)C(C)O)C(=O)O. The normalized spacial score (nSPS) is 17.4. The van der Waals surface area contributed by atoms with E-state index in [4.69, 9.17) is 10.8 Å². The Balaban J connectivity index is 5.18. The molecule has 12 heteroatoms. The Morgan fingerprint density at radius 3 is 1.82 bits per heavy atom. The van der Waals surface area contributed by atoms with Crippen molar-refractivity contribution in [3.63, 3.8) is 0 Å². The largest absolute Gasteiger partial charge is 0.480 e. The molecule has 162 valence electrons. The van der Waals surface area contributed by atoms with Gasteiger partial charge in [0.25, 0.3) is 0 Å². The van der Waals surface area contributed by atoms with E-state index in [0.717, 1.165) is 0 Å². The number of hydrogen-bond acceptors (Lipinski definition) is 8. The summed E-state index contributed by atoms with van der Waals surface area (Å²) in [6, 6.07) is -5.57. The Hall–Kier alpha value is -2.28. The number of carbonyl (C=O) groups excluding carboxylic acids is 3. The number of amides is 3. The molecule has 0 bridgehead atoms. The highest BCUT2D eigenvalue weighted by Gasteiger charge is 2.33. The van der Waals surface area contributed by atoms with Crippen molar-refractivity contribution >= 4 is 23.7 Å². The lowest BCUT2D eigenvalue weighted by Crippen LogP contribution is -2.61. The first-order valence-electron chi connectivity index (χ1n) is 8.79. The van der Waals surface area contributed by atoms with Crippen LogP contribution in [0.1, 0.15) is 27.2 Å². The molecule has 9 N–H and O–H groups in total. The van der Waals surface area contributed by atoms with Crippen LogP contribution in [0.2, 0.25) is 0 Å². The maximum absolute atomic E-state index is 12.3. The summed E-state index contributed by atoms with van der Waals surface area (Å²) in [6.07, 6.45) is -0.918. The molecule has 0 heterocycles. The van der Waals surface area contributed by atoms with Gasteiger partial charge in [-0.25, -0.2) is 4.79 Å². The van der Waals surface area contributed by atoms with Crippen molar-refractivity contribution in [2.45, 2.75) is 57.5 Å². The standard InChI is InChI=1S/C16H30N4O8/c1-4-7(2)11(16(27)28)19-14(25)10(6-22)18-15(26)12(8(3)23)20-13(24)9(17)5-21/h7-12,21-23H,4-6,17H2,1-3H3,(H,18,26)(H,19,25)(H,20,24)(H,27,28). The van der Waals surface area contributed by atoms with Crippen molar-refractivity contribution in [1.82, 2.24) is 16.0 Å². The molecule has 6 atom stereocenters. The Labute approximate surface area is 162 Å². The average molecular weight is 406 g/mol. The lowest BCUT2D eigenvalue weighted by atomic mass is 9.99. The third kappa shape index (κ3) is 7.76. The Bertz CT molecular complexity index is 557. The van der Waals surface area contributed by atoms with Gasteiger partial charge < -0.3 is 42.1 Å². The number of carbonyl (C=O) groups is 4. The molecule has 28 heavy (non-hydrogen) atoms. The summed E-state index contributed by atoms with van der Waals surface area (Å²) < 4.78 is 0. The van der Waals surface area contributed by atoms with Gasteiger partial charge in [0.1, 0.15) is 24.2 Å². The van der Waals surface area contributed by atoms with Gasteiger partial charge in [0.15, 0.2) is 0 Å². The van der Waals surface area contributed by atoms with Gasteiger partial charge in [-0.2, -0.15) is 0 Å². The van der Waals surface area contributed by atoms with Crippen molar-refractivity contribution in [2.75, 3.05) is 13.2 Å². The lowest BCUT2D eigenvalue weighted by molar-refractivity contribution is -0.144. The van der Waals surface area contributed by atoms with E-state index < -0.39 is 73.1 Å². The molecular weight excluding hydrogens is 376 g/mol. The molecule has 3 amide bonds. The van der Waals surface area contributed by atoms with E-state index >= 15 is 0 Å². The second-order valence-electron chi connectivity index (χ2n) is 6.47. The molecule has 12 nitrogen and oxygen atoms in total. The molecule has 0 aliphatic rings. The molecule has 0 saturated heterocycles. The number of nitrogens with one attached hydrogen (secondary N) is 3.